The highest BCUT2D eigenvalue weighted by Gasteiger charge is 2.13. The van der Waals surface area contributed by atoms with Crippen molar-refractivity contribution in [1.29, 1.82) is 0 Å². The molecule has 1 heterocycles. The van der Waals surface area contributed by atoms with Crippen LogP contribution in [0, 0.1) is 5.95 Å². The Labute approximate surface area is 70.1 Å². The van der Waals surface area contributed by atoms with Gasteiger partial charge < -0.3 is 9.47 Å². The van der Waals surface area contributed by atoms with Crippen molar-refractivity contribution in [2.24, 2.45) is 0 Å². The molecule has 0 bridgehead atoms. The van der Waals surface area contributed by atoms with Crippen molar-refractivity contribution < 1.29 is 13.9 Å². The van der Waals surface area contributed by atoms with Crippen molar-refractivity contribution in [2.45, 2.75) is 6.29 Å². The van der Waals surface area contributed by atoms with Crippen molar-refractivity contribution in [1.82, 2.24) is 4.98 Å². The molecule has 1 aromatic heterocycles. The van der Waals surface area contributed by atoms with Crippen molar-refractivity contribution in [2.75, 3.05) is 14.2 Å². The number of hydrogen-bond acceptors (Lipinski definition) is 3. The average Bonchev–Trinajstić information content (AvgIpc) is 2.10. The third-order valence-corrected chi connectivity index (χ3v) is 1.47. The van der Waals surface area contributed by atoms with Gasteiger partial charge in [-0.1, -0.05) is 0 Å². The number of ether oxygens (including phenoxy) is 2. The summed E-state index contributed by atoms with van der Waals surface area (Å²) in [6.07, 6.45) is 0.694. The number of pyridine rings is 1. The van der Waals surface area contributed by atoms with Gasteiger partial charge in [0.05, 0.1) is 5.56 Å². The van der Waals surface area contributed by atoms with E-state index in [1.54, 1.807) is 12.1 Å². The van der Waals surface area contributed by atoms with Gasteiger partial charge in [0.1, 0.15) is 0 Å². The molecular formula is C8H10FNO2. The summed E-state index contributed by atoms with van der Waals surface area (Å²) < 4.78 is 22.7. The molecule has 3 nitrogen and oxygen atoms in total. The molecule has 0 aliphatic rings. The molecule has 0 saturated carbocycles. The van der Waals surface area contributed by atoms with Crippen molar-refractivity contribution in [3.63, 3.8) is 0 Å². The number of hydrogen-bond donors (Lipinski definition) is 0. The summed E-state index contributed by atoms with van der Waals surface area (Å²) in [6.45, 7) is 0. The van der Waals surface area contributed by atoms with Crippen LogP contribution in [0.4, 0.5) is 4.39 Å². The van der Waals surface area contributed by atoms with Gasteiger partial charge in [-0.15, -0.1) is 0 Å². The number of methoxy groups -OCH3 is 2. The van der Waals surface area contributed by atoms with Crippen LogP contribution in [0.2, 0.25) is 0 Å². The summed E-state index contributed by atoms with van der Waals surface area (Å²) in [6, 6.07) is 3.20. The summed E-state index contributed by atoms with van der Waals surface area (Å²) >= 11 is 0. The third-order valence-electron chi connectivity index (χ3n) is 1.47. The maximum absolute atomic E-state index is 12.9. The molecule has 0 radical (unpaired) electrons. The summed E-state index contributed by atoms with van der Waals surface area (Å²) in [5.41, 5.74) is 0.308. The van der Waals surface area contributed by atoms with Gasteiger partial charge >= 0.3 is 0 Å². The fourth-order valence-electron chi connectivity index (χ4n) is 0.924. The SMILES string of the molecule is COC(OC)c1cccnc1F. The van der Waals surface area contributed by atoms with Crippen LogP contribution in [0.5, 0.6) is 0 Å². The van der Waals surface area contributed by atoms with Crippen LogP contribution in [0.1, 0.15) is 11.9 Å². The van der Waals surface area contributed by atoms with E-state index >= 15 is 0 Å². The Morgan fingerprint density at radius 2 is 2.08 bits per heavy atom. The summed E-state index contributed by atoms with van der Waals surface area (Å²) in [4.78, 5) is 3.47. The highest BCUT2D eigenvalue weighted by atomic mass is 19.1. The van der Waals surface area contributed by atoms with Crippen LogP contribution in [-0.4, -0.2) is 19.2 Å². The summed E-state index contributed by atoms with van der Waals surface area (Å²) in [5, 5.41) is 0. The minimum atomic E-state index is -0.682. The molecule has 0 atom stereocenters. The molecule has 0 fully saturated rings. The summed E-state index contributed by atoms with van der Waals surface area (Å²) in [7, 11) is 2.89. The molecule has 0 unspecified atom stereocenters. The minimum absolute atomic E-state index is 0.308. The Kier molecular flexibility index (Phi) is 3.13. The maximum Gasteiger partial charge on any atom is 0.221 e. The molecule has 0 spiro atoms. The lowest BCUT2D eigenvalue weighted by atomic mass is 10.3. The predicted octanol–water partition coefficient (Wildman–Crippen LogP) is 1.51. The van der Waals surface area contributed by atoms with Crippen molar-refractivity contribution in [3.05, 3.63) is 29.8 Å². The highest BCUT2D eigenvalue weighted by Crippen LogP contribution is 2.18. The zero-order valence-corrected chi connectivity index (χ0v) is 6.95. The van der Waals surface area contributed by atoms with Crippen LogP contribution in [0.25, 0.3) is 0 Å². The molecule has 4 heteroatoms. The van der Waals surface area contributed by atoms with Crippen molar-refractivity contribution in [3.8, 4) is 0 Å². The number of halogens is 1. The predicted molar refractivity (Wildman–Crippen MR) is 41.0 cm³/mol. The molecule has 12 heavy (non-hydrogen) atoms. The van der Waals surface area contributed by atoms with E-state index < -0.39 is 12.2 Å². The van der Waals surface area contributed by atoms with Crippen LogP contribution in [0.15, 0.2) is 18.3 Å². The van der Waals surface area contributed by atoms with Gasteiger partial charge in [-0.25, -0.2) is 4.98 Å². The van der Waals surface area contributed by atoms with E-state index in [0.717, 1.165) is 0 Å². The van der Waals surface area contributed by atoms with Gasteiger partial charge in [-0.2, -0.15) is 4.39 Å². The first-order chi connectivity index (χ1) is 5.79. The molecular weight excluding hydrogens is 161 g/mol. The van der Waals surface area contributed by atoms with Gasteiger partial charge in [-0.05, 0) is 12.1 Å². The standard InChI is InChI=1S/C8H10FNO2/c1-11-8(12-2)6-4-3-5-10-7(6)9/h3-5,8H,1-2H3. The molecule has 0 aliphatic heterocycles. The quantitative estimate of drug-likeness (QED) is 0.510. The lowest BCUT2D eigenvalue weighted by Gasteiger charge is -2.12. The monoisotopic (exact) mass is 171 g/mol. The smallest absolute Gasteiger partial charge is 0.221 e. The molecule has 0 N–H and O–H groups in total. The van der Waals surface area contributed by atoms with Gasteiger partial charge in [0.25, 0.3) is 0 Å². The number of rotatable bonds is 3. The highest BCUT2D eigenvalue weighted by molar-refractivity contribution is 5.12. The lowest BCUT2D eigenvalue weighted by Crippen LogP contribution is -2.06. The first kappa shape index (κ1) is 9.09. The molecule has 1 aromatic rings. The summed E-state index contributed by atoms with van der Waals surface area (Å²) in [5.74, 6) is -0.564. The normalized spacial score (nSPS) is 10.7. The van der Waals surface area contributed by atoms with Crippen LogP contribution >= 0.6 is 0 Å². The first-order valence-electron chi connectivity index (χ1n) is 3.45. The second kappa shape index (κ2) is 4.13. The van der Waals surface area contributed by atoms with E-state index in [1.165, 1.54) is 20.4 Å². The van der Waals surface area contributed by atoms with E-state index in [0.29, 0.717) is 5.56 Å². The Bertz CT molecular complexity index is 251. The topological polar surface area (TPSA) is 31.4 Å². The van der Waals surface area contributed by atoms with Gasteiger partial charge in [0.2, 0.25) is 5.95 Å². The van der Waals surface area contributed by atoms with Gasteiger partial charge in [0.15, 0.2) is 6.29 Å². The second-order valence-electron chi connectivity index (χ2n) is 2.19. The van der Waals surface area contributed by atoms with Crippen LogP contribution < -0.4 is 0 Å². The number of nitrogens with zero attached hydrogens (tertiary/aromatic N) is 1. The molecule has 0 aromatic carbocycles. The molecule has 0 saturated heterocycles. The average molecular weight is 171 g/mol. The number of aromatic nitrogens is 1. The van der Waals surface area contributed by atoms with E-state index in [1.807, 2.05) is 0 Å². The fourth-order valence-corrected chi connectivity index (χ4v) is 0.924. The first-order valence-corrected chi connectivity index (χ1v) is 3.45. The fraction of sp³-hybridized carbons (Fsp3) is 0.375. The Hall–Kier alpha value is -1.00. The van der Waals surface area contributed by atoms with E-state index in [4.69, 9.17) is 9.47 Å². The minimum Gasteiger partial charge on any atom is -0.352 e. The van der Waals surface area contributed by atoms with E-state index in [9.17, 15) is 4.39 Å². The Morgan fingerprint density at radius 3 is 2.58 bits per heavy atom. The Morgan fingerprint density at radius 1 is 1.42 bits per heavy atom. The van der Waals surface area contributed by atoms with Crippen LogP contribution in [-0.2, 0) is 9.47 Å². The van der Waals surface area contributed by atoms with E-state index in [-0.39, 0.29) is 0 Å². The molecule has 0 amide bonds. The van der Waals surface area contributed by atoms with E-state index in [2.05, 4.69) is 4.98 Å². The lowest BCUT2D eigenvalue weighted by molar-refractivity contribution is -0.108. The molecule has 0 aliphatic carbocycles. The third kappa shape index (κ3) is 1.78. The zero-order chi connectivity index (χ0) is 8.97. The molecule has 1 rings (SSSR count). The zero-order valence-electron chi connectivity index (χ0n) is 6.95. The molecule has 66 valence electrons. The second-order valence-corrected chi connectivity index (χ2v) is 2.19. The maximum atomic E-state index is 12.9. The Balaban J connectivity index is 2.92. The van der Waals surface area contributed by atoms with Gasteiger partial charge in [0, 0.05) is 20.4 Å². The van der Waals surface area contributed by atoms with Crippen LogP contribution in [0.3, 0.4) is 0 Å². The van der Waals surface area contributed by atoms with Crippen molar-refractivity contribution >= 4 is 0 Å². The largest absolute Gasteiger partial charge is 0.352 e. The van der Waals surface area contributed by atoms with Gasteiger partial charge in [-0.3, -0.25) is 0 Å².